The molecule has 2 N–H and O–H groups in total. The molecule has 1 heterocycles. The quantitative estimate of drug-likeness (QED) is 0.848. The van der Waals surface area contributed by atoms with E-state index in [9.17, 15) is 0 Å². The van der Waals surface area contributed by atoms with Crippen LogP contribution in [0.25, 0.3) is 0 Å². The molecule has 1 aromatic rings. The van der Waals surface area contributed by atoms with Gasteiger partial charge in [0.2, 0.25) is 0 Å². The summed E-state index contributed by atoms with van der Waals surface area (Å²) in [4.78, 5) is 0. The lowest BCUT2D eigenvalue weighted by molar-refractivity contribution is 0.390. The molecule has 0 spiro atoms. The zero-order valence-electron chi connectivity index (χ0n) is 10.7. The van der Waals surface area contributed by atoms with Crippen molar-refractivity contribution in [2.75, 3.05) is 6.54 Å². The molecule has 1 aromatic heterocycles. The van der Waals surface area contributed by atoms with Gasteiger partial charge in [0.05, 0.1) is 12.2 Å². The zero-order valence-corrected chi connectivity index (χ0v) is 10.7. The van der Waals surface area contributed by atoms with Crippen molar-refractivity contribution in [3.05, 3.63) is 17.0 Å². The summed E-state index contributed by atoms with van der Waals surface area (Å²) in [6.45, 7) is 8.38. The SMILES string of the molecule is CCc1nn(CCN)c2c1CCCC2(C)C. The van der Waals surface area contributed by atoms with Crippen molar-refractivity contribution in [1.82, 2.24) is 9.78 Å². The predicted octanol–water partition coefficient (Wildman–Crippen LogP) is 2.02. The summed E-state index contributed by atoms with van der Waals surface area (Å²) in [6, 6.07) is 0. The molecule has 0 saturated heterocycles. The number of aryl methyl sites for hydroxylation is 1. The highest BCUT2D eigenvalue weighted by Gasteiger charge is 2.33. The fraction of sp³-hybridized carbons (Fsp3) is 0.769. The number of fused-ring (bicyclic) bond motifs is 1. The Morgan fingerprint density at radius 2 is 2.19 bits per heavy atom. The molecular weight excluding hydrogens is 198 g/mol. The Labute approximate surface area is 98.0 Å². The van der Waals surface area contributed by atoms with Gasteiger partial charge in [-0.1, -0.05) is 20.8 Å². The summed E-state index contributed by atoms with van der Waals surface area (Å²) < 4.78 is 2.16. The van der Waals surface area contributed by atoms with Gasteiger partial charge in [-0.3, -0.25) is 4.68 Å². The van der Waals surface area contributed by atoms with Crippen LogP contribution in [0.2, 0.25) is 0 Å². The van der Waals surface area contributed by atoms with E-state index in [1.54, 1.807) is 0 Å². The average Bonchev–Trinajstić information content (AvgIpc) is 2.58. The van der Waals surface area contributed by atoms with E-state index in [-0.39, 0.29) is 5.41 Å². The van der Waals surface area contributed by atoms with Crippen LogP contribution in [-0.2, 0) is 24.8 Å². The molecular formula is C13H23N3. The van der Waals surface area contributed by atoms with Crippen molar-refractivity contribution in [3.8, 4) is 0 Å². The molecule has 1 aliphatic rings. The van der Waals surface area contributed by atoms with E-state index in [1.807, 2.05) is 0 Å². The maximum atomic E-state index is 5.67. The van der Waals surface area contributed by atoms with Crippen LogP contribution in [0.3, 0.4) is 0 Å². The number of nitrogens with two attached hydrogens (primary N) is 1. The van der Waals surface area contributed by atoms with E-state index in [2.05, 4.69) is 25.5 Å². The number of nitrogens with zero attached hydrogens (tertiary/aromatic N) is 2. The lowest BCUT2D eigenvalue weighted by atomic mass is 9.76. The van der Waals surface area contributed by atoms with Gasteiger partial charge in [0.15, 0.2) is 0 Å². The van der Waals surface area contributed by atoms with E-state index in [0.717, 1.165) is 13.0 Å². The average molecular weight is 221 g/mol. The maximum Gasteiger partial charge on any atom is 0.0656 e. The molecule has 0 saturated carbocycles. The molecule has 16 heavy (non-hydrogen) atoms. The minimum Gasteiger partial charge on any atom is -0.329 e. The summed E-state index contributed by atoms with van der Waals surface area (Å²) in [5.41, 5.74) is 10.2. The van der Waals surface area contributed by atoms with Gasteiger partial charge >= 0.3 is 0 Å². The Balaban J connectivity index is 2.52. The smallest absolute Gasteiger partial charge is 0.0656 e. The lowest BCUT2D eigenvalue weighted by Gasteiger charge is -2.31. The van der Waals surface area contributed by atoms with E-state index < -0.39 is 0 Å². The monoisotopic (exact) mass is 221 g/mol. The van der Waals surface area contributed by atoms with Crippen molar-refractivity contribution < 1.29 is 0 Å². The summed E-state index contributed by atoms with van der Waals surface area (Å²) in [5.74, 6) is 0. The normalized spacial score (nSPS) is 18.5. The molecule has 90 valence electrons. The first-order chi connectivity index (χ1) is 7.60. The van der Waals surface area contributed by atoms with Crippen LogP contribution in [0.5, 0.6) is 0 Å². The van der Waals surface area contributed by atoms with Gasteiger partial charge < -0.3 is 5.73 Å². The first-order valence-electron chi connectivity index (χ1n) is 6.39. The number of hydrogen-bond donors (Lipinski definition) is 1. The van der Waals surface area contributed by atoms with Crippen molar-refractivity contribution in [3.63, 3.8) is 0 Å². The molecule has 0 aromatic carbocycles. The molecule has 3 heteroatoms. The van der Waals surface area contributed by atoms with Gasteiger partial charge in [-0.2, -0.15) is 5.10 Å². The van der Waals surface area contributed by atoms with Crippen LogP contribution < -0.4 is 5.73 Å². The Hall–Kier alpha value is -0.830. The molecule has 0 unspecified atom stereocenters. The van der Waals surface area contributed by atoms with E-state index >= 15 is 0 Å². The minimum absolute atomic E-state index is 0.267. The summed E-state index contributed by atoms with van der Waals surface area (Å²) in [5, 5.41) is 4.73. The summed E-state index contributed by atoms with van der Waals surface area (Å²) >= 11 is 0. The van der Waals surface area contributed by atoms with Crippen LogP contribution in [0.1, 0.15) is 50.6 Å². The molecule has 3 nitrogen and oxygen atoms in total. The van der Waals surface area contributed by atoms with Gasteiger partial charge in [-0.25, -0.2) is 0 Å². The summed E-state index contributed by atoms with van der Waals surface area (Å²) in [7, 11) is 0. The van der Waals surface area contributed by atoms with Gasteiger partial charge in [-0.15, -0.1) is 0 Å². The molecule has 0 bridgehead atoms. The number of aromatic nitrogens is 2. The molecule has 1 aliphatic carbocycles. The minimum atomic E-state index is 0.267. The van der Waals surface area contributed by atoms with Gasteiger partial charge in [0.25, 0.3) is 0 Å². The third-order valence-corrected chi connectivity index (χ3v) is 3.68. The van der Waals surface area contributed by atoms with Crippen LogP contribution in [0.15, 0.2) is 0 Å². The zero-order chi connectivity index (χ0) is 11.8. The van der Waals surface area contributed by atoms with E-state index in [0.29, 0.717) is 6.54 Å². The number of hydrogen-bond acceptors (Lipinski definition) is 2. The second-order valence-electron chi connectivity index (χ2n) is 5.38. The molecule has 0 fully saturated rings. The van der Waals surface area contributed by atoms with Gasteiger partial charge in [0.1, 0.15) is 0 Å². The number of rotatable bonds is 3. The van der Waals surface area contributed by atoms with Crippen LogP contribution in [0, 0.1) is 0 Å². The largest absolute Gasteiger partial charge is 0.329 e. The highest BCUT2D eigenvalue weighted by atomic mass is 15.3. The van der Waals surface area contributed by atoms with Crippen molar-refractivity contribution >= 4 is 0 Å². The Morgan fingerprint density at radius 1 is 1.44 bits per heavy atom. The van der Waals surface area contributed by atoms with Crippen LogP contribution in [-0.4, -0.2) is 16.3 Å². The first-order valence-corrected chi connectivity index (χ1v) is 6.39. The van der Waals surface area contributed by atoms with Crippen molar-refractivity contribution in [2.24, 2.45) is 5.73 Å². The predicted molar refractivity (Wildman–Crippen MR) is 66.6 cm³/mol. The van der Waals surface area contributed by atoms with Crippen LogP contribution >= 0.6 is 0 Å². The fourth-order valence-electron chi connectivity index (χ4n) is 2.96. The van der Waals surface area contributed by atoms with Gasteiger partial charge in [-0.05, 0) is 31.2 Å². The summed E-state index contributed by atoms with van der Waals surface area (Å²) in [6.07, 6.45) is 4.79. The van der Waals surface area contributed by atoms with Crippen LogP contribution in [0.4, 0.5) is 0 Å². The Bertz CT molecular complexity index is 377. The second-order valence-corrected chi connectivity index (χ2v) is 5.38. The lowest BCUT2D eigenvalue weighted by Crippen LogP contribution is -2.28. The Morgan fingerprint density at radius 3 is 2.81 bits per heavy atom. The van der Waals surface area contributed by atoms with Crippen molar-refractivity contribution in [2.45, 2.75) is 58.4 Å². The third kappa shape index (κ3) is 1.77. The standard InChI is InChI=1S/C13H23N3/c1-4-11-10-6-5-7-13(2,3)12(10)16(15-11)9-8-14/h4-9,14H2,1-3H3. The van der Waals surface area contributed by atoms with E-state index in [4.69, 9.17) is 10.8 Å². The van der Waals surface area contributed by atoms with E-state index in [1.165, 1.54) is 36.2 Å². The first kappa shape index (κ1) is 11.6. The molecule has 0 atom stereocenters. The molecule has 0 aliphatic heterocycles. The molecule has 2 rings (SSSR count). The maximum absolute atomic E-state index is 5.67. The van der Waals surface area contributed by atoms with Crippen molar-refractivity contribution in [1.29, 1.82) is 0 Å². The highest BCUT2D eigenvalue weighted by Crippen LogP contribution is 2.38. The highest BCUT2D eigenvalue weighted by molar-refractivity contribution is 5.34. The molecule has 0 amide bonds. The van der Waals surface area contributed by atoms with Gasteiger partial charge in [0, 0.05) is 17.7 Å². The topological polar surface area (TPSA) is 43.8 Å². The fourth-order valence-corrected chi connectivity index (χ4v) is 2.96. The Kier molecular flexibility index (Phi) is 3.06. The second kappa shape index (κ2) is 4.21. The third-order valence-electron chi connectivity index (χ3n) is 3.68. The molecule has 0 radical (unpaired) electrons.